The van der Waals surface area contributed by atoms with Gasteiger partial charge in [-0.1, -0.05) is 13.8 Å². The topological polar surface area (TPSA) is 29.3 Å². The third-order valence-electron chi connectivity index (χ3n) is 2.91. The second-order valence-corrected chi connectivity index (χ2v) is 4.94. The minimum Gasteiger partial charge on any atom is -0.371 e. The Balaban J connectivity index is 3.02. The zero-order valence-corrected chi connectivity index (χ0v) is 11.7. The molecule has 0 heterocycles. The predicted molar refractivity (Wildman–Crippen MR) is 76.5 cm³/mol. The zero-order valence-electron chi connectivity index (χ0n) is 11.7. The molecule has 1 aromatic carbocycles. The summed E-state index contributed by atoms with van der Waals surface area (Å²) in [4.78, 5) is 2.33. The first-order chi connectivity index (χ1) is 8.58. The quantitative estimate of drug-likeness (QED) is 0.806. The molecular formula is C15H25FN2. The molecular weight excluding hydrogens is 227 g/mol. The van der Waals surface area contributed by atoms with Crippen LogP contribution in [-0.4, -0.2) is 19.1 Å². The molecule has 1 unspecified atom stereocenters. The fourth-order valence-electron chi connectivity index (χ4n) is 2.27. The van der Waals surface area contributed by atoms with Crippen LogP contribution in [0.25, 0.3) is 0 Å². The molecule has 1 aromatic rings. The molecule has 0 aliphatic rings. The molecule has 1 atom stereocenters. The Morgan fingerprint density at radius 1 is 1.22 bits per heavy atom. The van der Waals surface area contributed by atoms with Gasteiger partial charge in [-0.3, -0.25) is 0 Å². The van der Waals surface area contributed by atoms with Gasteiger partial charge in [0.1, 0.15) is 5.82 Å². The van der Waals surface area contributed by atoms with E-state index in [4.69, 9.17) is 5.73 Å². The first-order valence-corrected chi connectivity index (χ1v) is 6.87. The standard InChI is InChI=1S/C15H25FN2/c1-4-8-18(9-5-2)15-7-6-14(16)11-13(15)10-12(3)17/h6-7,11-12H,4-5,8-10,17H2,1-3H3. The second kappa shape index (κ2) is 7.37. The number of benzene rings is 1. The summed E-state index contributed by atoms with van der Waals surface area (Å²) in [6.45, 7) is 8.30. The summed E-state index contributed by atoms with van der Waals surface area (Å²) in [6, 6.07) is 5.10. The van der Waals surface area contributed by atoms with Gasteiger partial charge in [0.05, 0.1) is 0 Å². The van der Waals surface area contributed by atoms with Crippen LogP contribution in [0.15, 0.2) is 18.2 Å². The molecule has 2 nitrogen and oxygen atoms in total. The molecule has 0 spiro atoms. The van der Waals surface area contributed by atoms with Crippen LogP contribution in [0, 0.1) is 5.82 Å². The summed E-state index contributed by atoms with van der Waals surface area (Å²) in [5, 5.41) is 0. The van der Waals surface area contributed by atoms with E-state index in [2.05, 4.69) is 18.7 Å². The van der Waals surface area contributed by atoms with Crippen molar-refractivity contribution in [3.63, 3.8) is 0 Å². The molecule has 102 valence electrons. The molecule has 18 heavy (non-hydrogen) atoms. The van der Waals surface area contributed by atoms with Gasteiger partial charge in [0.2, 0.25) is 0 Å². The van der Waals surface area contributed by atoms with Crippen molar-refractivity contribution in [1.82, 2.24) is 0 Å². The Bertz CT molecular complexity index is 358. The summed E-state index contributed by atoms with van der Waals surface area (Å²) in [5.41, 5.74) is 8.01. The van der Waals surface area contributed by atoms with Crippen LogP contribution >= 0.6 is 0 Å². The molecule has 0 fully saturated rings. The lowest BCUT2D eigenvalue weighted by Gasteiger charge is -2.27. The maximum absolute atomic E-state index is 13.4. The molecule has 0 radical (unpaired) electrons. The molecule has 0 aromatic heterocycles. The molecule has 0 saturated carbocycles. The number of nitrogens with zero attached hydrogens (tertiary/aromatic N) is 1. The SMILES string of the molecule is CCCN(CCC)c1ccc(F)cc1CC(C)N. The van der Waals surface area contributed by atoms with E-state index in [9.17, 15) is 4.39 Å². The van der Waals surface area contributed by atoms with Crippen molar-refractivity contribution in [2.75, 3.05) is 18.0 Å². The maximum atomic E-state index is 13.4. The van der Waals surface area contributed by atoms with Crippen LogP contribution in [0.1, 0.15) is 39.2 Å². The van der Waals surface area contributed by atoms with Crippen molar-refractivity contribution < 1.29 is 4.39 Å². The van der Waals surface area contributed by atoms with Crippen LogP contribution in [-0.2, 0) is 6.42 Å². The van der Waals surface area contributed by atoms with Crippen LogP contribution in [0.5, 0.6) is 0 Å². The number of hydrogen-bond acceptors (Lipinski definition) is 2. The van der Waals surface area contributed by atoms with Gasteiger partial charge < -0.3 is 10.6 Å². The normalized spacial score (nSPS) is 12.5. The van der Waals surface area contributed by atoms with E-state index >= 15 is 0 Å². The molecule has 0 aliphatic heterocycles. The summed E-state index contributed by atoms with van der Waals surface area (Å²) in [6.07, 6.45) is 2.90. The summed E-state index contributed by atoms with van der Waals surface area (Å²) in [7, 11) is 0. The van der Waals surface area contributed by atoms with E-state index in [1.165, 1.54) is 0 Å². The van der Waals surface area contributed by atoms with Crippen molar-refractivity contribution in [2.45, 2.75) is 46.1 Å². The molecule has 1 rings (SSSR count). The smallest absolute Gasteiger partial charge is 0.123 e. The fourth-order valence-corrected chi connectivity index (χ4v) is 2.27. The van der Waals surface area contributed by atoms with E-state index in [1.54, 1.807) is 12.1 Å². The fraction of sp³-hybridized carbons (Fsp3) is 0.600. The van der Waals surface area contributed by atoms with Crippen molar-refractivity contribution in [3.05, 3.63) is 29.6 Å². The summed E-state index contributed by atoms with van der Waals surface area (Å²) >= 11 is 0. The lowest BCUT2D eigenvalue weighted by atomic mass is 10.0. The lowest BCUT2D eigenvalue weighted by Crippen LogP contribution is -2.27. The number of halogens is 1. The van der Waals surface area contributed by atoms with Gasteiger partial charge >= 0.3 is 0 Å². The second-order valence-electron chi connectivity index (χ2n) is 4.94. The number of nitrogens with two attached hydrogens (primary N) is 1. The van der Waals surface area contributed by atoms with Gasteiger partial charge in [-0.2, -0.15) is 0 Å². The van der Waals surface area contributed by atoms with Crippen molar-refractivity contribution >= 4 is 5.69 Å². The Morgan fingerprint density at radius 2 is 1.83 bits per heavy atom. The molecule has 0 saturated heterocycles. The van der Waals surface area contributed by atoms with Gasteiger partial charge in [0.25, 0.3) is 0 Å². The van der Waals surface area contributed by atoms with Crippen molar-refractivity contribution in [3.8, 4) is 0 Å². The Kier molecular flexibility index (Phi) is 6.13. The predicted octanol–water partition coefficient (Wildman–Crippen LogP) is 3.34. The Labute approximate surface area is 110 Å². The van der Waals surface area contributed by atoms with E-state index < -0.39 is 0 Å². The first kappa shape index (κ1) is 15.0. The highest BCUT2D eigenvalue weighted by molar-refractivity contribution is 5.54. The highest BCUT2D eigenvalue weighted by atomic mass is 19.1. The molecule has 0 bridgehead atoms. The molecule has 2 N–H and O–H groups in total. The average molecular weight is 252 g/mol. The summed E-state index contributed by atoms with van der Waals surface area (Å²) < 4.78 is 13.4. The van der Waals surface area contributed by atoms with E-state index in [0.29, 0.717) is 0 Å². The van der Waals surface area contributed by atoms with Crippen LogP contribution < -0.4 is 10.6 Å². The molecule has 3 heteroatoms. The summed E-state index contributed by atoms with van der Waals surface area (Å²) in [5.74, 6) is -0.178. The van der Waals surface area contributed by atoms with Crippen LogP contribution in [0.4, 0.5) is 10.1 Å². The largest absolute Gasteiger partial charge is 0.371 e. The van der Waals surface area contributed by atoms with Gasteiger partial charge in [-0.05, 0) is 49.9 Å². The monoisotopic (exact) mass is 252 g/mol. The lowest BCUT2D eigenvalue weighted by molar-refractivity contribution is 0.621. The van der Waals surface area contributed by atoms with Crippen LogP contribution in [0.2, 0.25) is 0 Å². The van der Waals surface area contributed by atoms with E-state index in [-0.39, 0.29) is 11.9 Å². The van der Waals surface area contributed by atoms with Crippen molar-refractivity contribution in [1.29, 1.82) is 0 Å². The van der Waals surface area contributed by atoms with Crippen molar-refractivity contribution in [2.24, 2.45) is 5.73 Å². The molecule has 0 aliphatic carbocycles. The van der Waals surface area contributed by atoms with E-state index in [0.717, 1.165) is 43.6 Å². The van der Waals surface area contributed by atoms with Gasteiger partial charge in [-0.25, -0.2) is 4.39 Å². The zero-order chi connectivity index (χ0) is 13.5. The Hall–Kier alpha value is -1.09. The van der Waals surface area contributed by atoms with Gasteiger partial charge in [0.15, 0.2) is 0 Å². The third kappa shape index (κ3) is 4.30. The number of anilines is 1. The number of hydrogen-bond donors (Lipinski definition) is 1. The number of rotatable bonds is 7. The first-order valence-electron chi connectivity index (χ1n) is 6.87. The van der Waals surface area contributed by atoms with Gasteiger partial charge in [0, 0.05) is 24.8 Å². The van der Waals surface area contributed by atoms with Gasteiger partial charge in [-0.15, -0.1) is 0 Å². The third-order valence-corrected chi connectivity index (χ3v) is 2.91. The maximum Gasteiger partial charge on any atom is 0.123 e. The minimum atomic E-state index is -0.178. The Morgan fingerprint density at radius 3 is 2.33 bits per heavy atom. The highest BCUT2D eigenvalue weighted by Gasteiger charge is 2.12. The minimum absolute atomic E-state index is 0.0515. The highest BCUT2D eigenvalue weighted by Crippen LogP contribution is 2.23. The van der Waals surface area contributed by atoms with E-state index in [1.807, 2.05) is 13.0 Å². The average Bonchev–Trinajstić information content (AvgIpc) is 2.28. The van der Waals surface area contributed by atoms with Crippen LogP contribution in [0.3, 0.4) is 0 Å². The molecule has 0 amide bonds.